The number of aromatic nitrogens is 1. The molecular formula is C14H17FN2O. The minimum atomic E-state index is -0.517. The molecule has 2 aliphatic rings. The smallest absolute Gasteiger partial charge is 0.257 e. The lowest BCUT2D eigenvalue weighted by molar-refractivity contribution is 0.0649. The van der Waals surface area contributed by atoms with Crippen LogP contribution in [0.25, 0.3) is 0 Å². The molecule has 0 radical (unpaired) electrons. The zero-order chi connectivity index (χ0) is 12.7. The third kappa shape index (κ3) is 2.11. The maximum absolute atomic E-state index is 13.7. The fourth-order valence-corrected chi connectivity index (χ4v) is 2.53. The van der Waals surface area contributed by atoms with Crippen LogP contribution in [0.2, 0.25) is 0 Å². The van der Waals surface area contributed by atoms with Crippen LogP contribution in [0.1, 0.15) is 43.0 Å². The lowest BCUT2D eigenvalue weighted by atomic mass is 10.1. The van der Waals surface area contributed by atoms with Gasteiger partial charge in [0.1, 0.15) is 0 Å². The number of amides is 1. The van der Waals surface area contributed by atoms with Gasteiger partial charge in [-0.05, 0) is 44.6 Å². The first-order chi connectivity index (χ1) is 8.68. The molecule has 0 spiro atoms. The maximum atomic E-state index is 13.7. The van der Waals surface area contributed by atoms with E-state index in [1.165, 1.54) is 25.1 Å². The van der Waals surface area contributed by atoms with Crippen LogP contribution in [0.5, 0.6) is 0 Å². The molecule has 0 saturated heterocycles. The van der Waals surface area contributed by atoms with Crippen LogP contribution in [0, 0.1) is 11.7 Å². The van der Waals surface area contributed by atoms with Gasteiger partial charge in [-0.2, -0.15) is 0 Å². The van der Waals surface area contributed by atoms with E-state index in [0.717, 1.165) is 19.0 Å². The quantitative estimate of drug-likeness (QED) is 0.820. The summed E-state index contributed by atoms with van der Waals surface area (Å²) >= 11 is 0. The standard InChI is InChI=1S/C14H17FN2O/c1-9(10-2-3-10)17(11-4-5-11)14(18)12-6-7-16-8-13(12)15/h6-11H,2-5H2,1H3/t9-/m1/s1. The summed E-state index contributed by atoms with van der Waals surface area (Å²) < 4.78 is 13.7. The number of pyridine rings is 1. The molecule has 4 heteroatoms. The zero-order valence-corrected chi connectivity index (χ0v) is 10.5. The van der Waals surface area contributed by atoms with E-state index in [2.05, 4.69) is 11.9 Å². The van der Waals surface area contributed by atoms with Crippen molar-refractivity contribution >= 4 is 5.91 Å². The van der Waals surface area contributed by atoms with Gasteiger partial charge in [0.05, 0.1) is 11.8 Å². The summed E-state index contributed by atoms with van der Waals surface area (Å²) in [6.07, 6.45) is 7.07. The lowest BCUT2D eigenvalue weighted by Gasteiger charge is -2.29. The first-order valence-electron chi connectivity index (χ1n) is 6.60. The van der Waals surface area contributed by atoms with E-state index < -0.39 is 5.82 Å². The summed E-state index contributed by atoms with van der Waals surface area (Å²) in [5, 5.41) is 0. The first-order valence-corrected chi connectivity index (χ1v) is 6.60. The van der Waals surface area contributed by atoms with Crippen molar-refractivity contribution in [2.75, 3.05) is 0 Å². The predicted molar refractivity (Wildman–Crippen MR) is 65.6 cm³/mol. The molecule has 1 amide bonds. The first kappa shape index (κ1) is 11.6. The highest BCUT2D eigenvalue weighted by atomic mass is 19.1. The summed E-state index contributed by atoms with van der Waals surface area (Å²) in [5.41, 5.74) is 0.157. The summed E-state index contributed by atoms with van der Waals surface area (Å²) in [7, 11) is 0. The van der Waals surface area contributed by atoms with Gasteiger partial charge < -0.3 is 4.90 Å². The molecule has 1 heterocycles. The number of carbonyl (C=O) groups is 1. The minimum Gasteiger partial charge on any atom is -0.333 e. The van der Waals surface area contributed by atoms with E-state index in [1.54, 1.807) is 0 Å². The van der Waals surface area contributed by atoms with E-state index in [4.69, 9.17) is 0 Å². The fourth-order valence-electron chi connectivity index (χ4n) is 2.53. The number of rotatable bonds is 4. The highest BCUT2D eigenvalue weighted by Crippen LogP contribution is 2.40. The second kappa shape index (κ2) is 4.34. The molecule has 18 heavy (non-hydrogen) atoms. The molecule has 1 aromatic heterocycles. The Morgan fingerprint density at radius 2 is 2.17 bits per heavy atom. The molecule has 0 unspecified atom stereocenters. The third-order valence-corrected chi connectivity index (χ3v) is 3.92. The monoisotopic (exact) mass is 248 g/mol. The second-order valence-electron chi connectivity index (χ2n) is 5.38. The minimum absolute atomic E-state index is 0.157. The molecule has 3 nitrogen and oxygen atoms in total. The van der Waals surface area contributed by atoms with Crippen molar-refractivity contribution in [3.63, 3.8) is 0 Å². The van der Waals surface area contributed by atoms with Gasteiger partial charge in [-0.15, -0.1) is 0 Å². The van der Waals surface area contributed by atoms with Gasteiger partial charge in [0, 0.05) is 18.3 Å². The largest absolute Gasteiger partial charge is 0.333 e. The van der Waals surface area contributed by atoms with Crippen molar-refractivity contribution in [3.05, 3.63) is 29.8 Å². The lowest BCUT2D eigenvalue weighted by Crippen LogP contribution is -2.42. The molecule has 96 valence electrons. The summed E-state index contributed by atoms with van der Waals surface area (Å²) in [6, 6.07) is 2.03. The average molecular weight is 248 g/mol. The Balaban J connectivity index is 1.86. The van der Waals surface area contributed by atoms with E-state index in [0.29, 0.717) is 12.0 Å². The predicted octanol–water partition coefficient (Wildman–Crippen LogP) is 2.62. The zero-order valence-electron chi connectivity index (χ0n) is 10.5. The van der Waals surface area contributed by atoms with E-state index in [9.17, 15) is 9.18 Å². The number of halogens is 1. The Labute approximate surface area is 106 Å². The highest BCUT2D eigenvalue weighted by Gasteiger charge is 2.42. The van der Waals surface area contributed by atoms with E-state index in [-0.39, 0.29) is 17.5 Å². The number of hydrogen-bond donors (Lipinski definition) is 0. The SMILES string of the molecule is C[C@H](C1CC1)N(C(=O)c1ccncc1F)C1CC1. The molecule has 3 rings (SSSR count). The van der Waals surface area contributed by atoms with E-state index in [1.807, 2.05) is 4.90 Å². The Morgan fingerprint density at radius 3 is 2.72 bits per heavy atom. The van der Waals surface area contributed by atoms with Crippen LogP contribution in [0.4, 0.5) is 4.39 Å². The topological polar surface area (TPSA) is 33.2 Å². The van der Waals surface area contributed by atoms with Crippen LogP contribution in [0.15, 0.2) is 18.5 Å². The van der Waals surface area contributed by atoms with Gasteiger partial charge in [0.25, 0.3) is 5.91 Å². The molecular weight excluding hydrogens is 231 g/mol. The van der Waals surface area contributed by atoms with Crippen molar-refractivity contribution in [1.29, 1.82) is 0 Å². The van der Waals surface area contributed by atoms with Crippen LogP contribution in [-0.2, 0) is 0 Å². The maximum Gasteiger partial charge on any atom is 0.257 e. The van der Waals surface area contributed by atoms with Crippen LogP contribution < -0.4 is 0 Å². The third-order valence-electron chi connectivity index (χ3n) is 3.92. The van der Waals surface area contributed by atoms with Crippen LogP contribution in [0.3, 0.4) is 0 Å². The number of carbonyl (C=O) groups excluding carboxylic acids is 1. The fraction of sp³-hybridized carbons (Fsp3) is 0.571. The average Bonchev–Trinajstić information content (AvgIpc) is 3.22. The molecule has 2 saturated carbocycles. The van der Waals surface area contributed by atoms with Gasteiger partial charge >= 0.3 is 0 Å². The molecule has 0 N–H and O–H groups in total. The van der Waals surface area contributed by atoms with Crippen molar-refractivity contribution < 1.29 is 9.18 Å². The van der Waals surface area contributed by atoms with Gasteiger partial charge in [-0.1, -0.05) is 0 Å². The van der Waals surface area contributed by atoms with Crippen LogP contribution in [-0.4, -0.2) is 27.9 Å². The van der Waals surface area contributed by atoms with Crippen molar-refractivity contribution in [3.8, 4) is 0 Å². The van der Waals surface area contributed by atoms with Gasteiger partial charge in [-0.3, -0.25) is 9.78 Å². The molecule has 2 fully saturated rings. The molecule has 1 atom stereocenters. The van der Waals surface area contributed by atoms with Crippen molar-refractivity contribution in [2.24, 2.45) is 5.92 Å². The van der Waals surface area contributed by atoms with E-state index >= 15 is 0 Å². The molecule has 0 aliphatic heterocycles. The molecule has 1 aromatic rings. The molecule has 0 bridgehead atoms. The Bertz CT molecular complexity index is 469. The van der Waals surface area contributed by atoms with Crippen molar-refractivity contribution in [1.82, 2.24) is 9.88 Å². The summed E-state index contributed by atoms with van der Waals surface area (Å²) in [4.78, 5) is 18.1. The molecule has 0 aromatic carbocycles. The van der Waals surface area contributed by atoms with Crippen molar-refractivity contribution in [2.45, 2.75) is 44.7 Å². The Morgan fingerprint density at radius 1 is 1.44 bits per heavy atom. The summed E-state index contributed by atoms with van der Waals surface area (Å²) in [5.74, 6) is -0.0765. The number of nitrogens with zero attached hydrogens (tertiary/aromatic N) is 2. The van der Waals surface area contributed by atoms with Crippen LogP contribution >= 0.6 is 0 Å². The Kier molecular flexibility index (Phi) is 2.80. The van der Waals surface area contributed by atoms with Gasteiger partial charge in [-0.25, -0.2) is 4.39 Å². The second-order valence-corrected chi connectivity index (χ2v) is 5.38. The van der Waals surface area contributed by atoms with Gasteiger partial charge in [0.2, 0.25) is 0 Å². The molecule has 2 aliphatic carbocycles. The van der Waals surface area contributed by atoms with Gasteiger partial charge in [0.15, 0.2) is 5.82 Å². The Hall–Kier alpha value is -1.45. The number of hydrogen-bond acceptors (Lipinski definition) is 2. The normalized spacial score (nSPS) is 20.6. The summed E-state index contributed by atoms with van der Waals surface area (Å²) in [6.45, 7) is 2.09. The highest BCUT2D eigenvalue weighted by molar-refractivity contribution is 5.95.